The van der Waals surface area contributed by atoms with Crippen molar-refractivity contribution < 1.29 is 29.0 Å². The lowest BCUT2D eigenvalue weighted by Crippen LogP contribution is -2.47. The van der Waals surface area contributed by atoms with E-state index in [9.17, 15) is 24.6 Å². The molecule has 0 spiro atoms. The van der Waals surface area contributed by atoms with Crippen molar-refractivity contribution >= 4 is 33.7 Å². The Labute approximate surface area is 194 Å². The van der Waals surface area contributed by atoms with Crippen LogP contribution in [0.4, 0.5) is 0 Å². The fourth-order valence-electron chi connectivity index (χ4n) is 3.80. The summed E-state index contributed by atoms with van der Waals surface area (Å²) >= 11 is 0. The van der Waals surface area contributed by atoms with Gasteiger partial charge in [-0.15, -0.1) is 0 Å². The first-order valence-corrected chi connectivity index (χ1v) is 10.7. The number of benzene rings is 2. The van der Waals surface area contributed by atoms with E-state index in [1.807, 2.05) is 6.92 Å². The third kappa shape index (κ3) is 4.45. The van der Waals surface area contributed by atoms with Crippen LogP contribution in [0.2, 0.25) is 0 Å². The van der Waals surface area contributed by atoms with Crippen LogP contribution in [0, 0.1) is 13.8 Å². The number of hydrogen-bond donors (Lipinski definition) is 4. The summed E-state index contributed by atoms with van der Waals surface area (Å²) in [6.07, 6.45) is 0.653. The monoisotopic (exact) mass is 464 g/mol. The molecule has 2 heterocycles. The molecule has 0 bridgehead atoms. The topological polar surface area (TPSA) is 142 Å². The number of ether oxygens (including phenoxy) is 1. The van der Waals surface area contributed by atoms with Crippen LogP contribution in [-0.2, 0) is 16.0 Å². The maximum Gasteiger partial charge on any atom is 0.339 e. The summed E-state index contributed by atoms with van der Waals surface area (Å²) in [7, 11) is 0. The maximum absolute atomic E-state index is 12.7. The van der Waals surface area contributed by atoms with Gasteiger partial charge in [0.1, 0.15) is 23.1 Å². The highest BCUT2D eigenvalue weighted by Crippen LogP contribution is 2.25. The number of aromatic hydroxyl groups is 1. The molecule has 34 heavy (non-hydrogen) atoms. The molecule has 0 saturated carbocycles. The minimum atomic E-state index is -1.21. The second-order valence-corrected chi connectivity index (χ2v) is 8.20. The third-order valence-electron chi connectivity index (χ3n) is 5.90. The lowest BCUT2D eigenvalue weighted by molar-refractivity contribution is -0.142. The Morgan fingerprint density at radius 3 is 2.62 bits per heavy atom. The number of rotatable bonds is 7. The number of carboxylic acid groups (broad SMARTS) is 1. The largest absolute Gasteiger partial charge is 0.508 e. The van der Waals surface area contributed by atoms with Gasteiger partial charge in [-0.3, -0.25) is 4.79 Å². The van der Waals surface area contributed by atoms with Crippen LogP contribution >= 0.6 is 0 Å². The van der Waals surface area contributed by atoms with E-state index in [2.05, 4.69) is 10.3 Å². The SMILES string of the molecule is Cc1c(C)c2ccc(O[C@H](C)C(=O)N[C@@H](Cc3c[nH]c4ccc(O)cc34)C(=O)O)cc2oc1=O. The number of carboxylic acids is 1. The minimum absolute atomic E-state index is 0.0109. The van der Waals surface area contributed by atoms with Crippen molar-refractivity contribution in [1.82, 2.24) is 10.3 Å². The number of H-pyrrole nitrogens is 1. The van der Waals surface area contributed by atoms with Gasteiger partial charge in [0, 0.05) is 40.5 Å². The van der Waals surface area contributed by atoms with Gasteiger partial charge in [0.25, 0.3) is 5.91 Å². The number of aromatic amines is 1. The highest BCUT2D eigenvalue weighted by molar-refractivity contribution is 5.89. The van der Waals surface area contributed by atoms with Crippen molar-refractivity contribution in [3.63, 3.8) is 0 Å². The quantitative estimate of drug-likeness (QED) is 0.308. The normalized spacial score (nSPS) is 13.0. The average Bonchev–Trinajstić information content (AvgIpc) is 3.18. The second kappa shape index (κ2) is 8.93. The van der Waals surface area contributed by atoms with Gasteiger partial charge in [-0.25, -0.2) is 9.59 Å². The lowest BCUT2D eigenvalue weighted by atomic mass is 10.0. The Bertz CT molecular complexity index is 1470. The van der Waals surface area contributed by atoms with E-state index in [-0.39, 0.29) is 12.2 Å². The number of carbonyl (C=O) groups is 2. The van der Waals surface area contributed by atoms with Crippen molar-refractivity contribution in [3.8, 4) is 11.5 Å². The smallest absolute Gasteiger partial charge is 0.339 e. The number of carbonyl (C=O) groups excluding carboxylic acids is 1. The first-order chi connectivity index (χ1) is 16.1. The molecule has 0 unspecified atom stereocenters. The van der Waals surface area contributed by atoms with Crippen molar-refractivity contribution in [3.05, 3.63) is 69.7 Å². The summed E-state index contributed by atoms with van der Waals surface area (Å²) in [5.74, 6) is -1.45. The van der Waals surface area contributed by atoms with Crippen LogP contribution in [0.25, 0.3) is 21.9 Å². The predicted octanol–water partition coefficient (Wildman–Crippen LogP) is 3.18. The summed E-state index contributed by atoms with van der Waals surface area (Å²) in [6, 6.07) is 8.47. The molecule has 176 valence electrons. The van der Waals surface area contributed by atoms with E-state index in [1.54, 1.807) is 31.3 Å². The molecule has 9 nitrogen and oxygen atoms in total. The maximum atomic E-state index is 12.7. The zero-order valence-corrected chi connectivity index (χ0v) is 18.8. The minimum Gasteiger partial charge on any atom is -0.508 e. The molecule has 2 atom stereocenters. The van der Waals surface area contributed by atoms with E-state index in [1.165, 1.54) is 25.1 Å². The first-order valence-electron chi connectivity index (χ1n) is 10.7. The van der Waals surface area contributed by atoms with Crippen LogP contribution in [0.15, 0.2) is 51.8 Å². The fourth-order valence-corrected chi connectivity index (χ4v) is 3.80. The van der Waals surface area contributed by atoms with Crippen LogP contribution in [0.5, 0.6) is 11.5 Å². The number of aromatic nitrogens is 1. The molecule has 9 heteroatoms. The zero-order valence-electron chi connectivity index (χ0n) is 18.8. The van der Waals surface area contributed by atoms with Crippen molar-refractivity contribution in [2.24, 2.45) is 0 Å². The Kier molecular flexibility index (Phi) is 6.02. The summed E-state index contributed by atoms with van der Waals surface area (Å²) in [6.45, 7) is 5.01. The molecule has 4 N–H and O–H groups in total. The Morgan fingerprint density at radius 1 is 1.12 bits per heavy atom. The van der Waals surface area contributed by atoms with E-state index < -0.39 is 29.6 Å². The lowest BCUT2D eigenvalue weighted by Gasteiger charge is -2.19. The van der Waals surface area contributed by atoms with E-state index in [4.69, 9.17) is 9.15 Å². The number of hydrogen-bond acceptors (Lipinski definition) is 6. The summed E-state index contributed by atoms with van der Waals surface area (Å²) in [5, 5.41) is 23.3. The molecule has 2 aromatic heterocycles. The van der Waals surface area contributed by atoms with Gasteiger partial charge >= 0.3 is 11.6 Å². The van der Waals surface area contributed by atoms with E-state index in [0.717, 1.165) is 16.5 Å². The average molecular weight is 464 g/mol. The van der Waals surface area contributed by atoms with Gasteiger partial charge in [0.15, 0.2) is 6.10 Å². The summed E-state index contributed by atoms with van der Waals surface area (Å²) < 4.78 is 11.0. The van der Waals surface area contributed by atoms with Crippen LogP contribution in [0.1, 0.15) is 23.6 Å². The highest BCUT2D eigenvalue weighted by Gasteiger charge is 2.25. The zero-order chi connectivity index (χ0) is 24.6. The molecule has 4 rings (SSSR count). The number of aliphatic carboxylic acids is 1. The molecule has 0 aliphatic carbocycles. The molecule has 0 saturated heterocycles. The Hall–Kier alpha value is -4.27. The highest BCUT2D eigenvalue weighted by atomic mass is 16.5. The molecular weight excluding hydrogens is 440 g/mol. The van der Waals surface area contributed by atoms with Gasteiger partial charge in [-0.1, -0.05) is 0 Å². The van der Waals surface area contributed by atoms with Gasteiger partial charge in [-0.2, -0.15) is 0 Å². The number of nitrogens with one attached hydrogen (secondary N) is 2. The number of fused-ring (bicyclic) bond motifs is 2. The summed E-state index contributed by atoms with van der Waals surface area (Å²) in [4.78, 5) is 39.5. The van der Waals surface area contributed by atoms with Gasteiger partial charge in [-0.05, 0) is 62.2 Å². The van der Waals surface area contributed by atoms with Crippen molar-refractivity contribution in [1.29, 1.82) is 0 Å². The van der Waals surface area contributed by atoms with Crippen molar-refractivity contribution in [2.45, 2.75) is 39.3 Å². The standard InChI is InChI=1S/C25H24N2O7/c1-12-13(2)25(32)34-22-10-17(5-6-18(12)22)33-14(3)23(29)27-21(24(30)31)8-15-11-26-20-7-4-16(28)9-19(15)20/h4-7,9-11,14,21,26,28H,8H2,1-3H3,(H,27,29)(H,30,31)/t14-,21+/m1/s1. The molecule has 0 aliphatic rings. The molecule has 0 aliphatic heterocycles. The van der Waals surface area contributed by atoms with E-state index in [0.29, 0.717) is 27.8 Å². The van der Waals surface area contributed by atoms with E-state index >= 15 is 0 Å². The number of amides is 1. The molecule has 0 radical (unpaired) electrons. The predicted molar refractivity (Wildman–Crippen MR) is 125 cm³/mol. The fraction of sp³-hybridized carbons (Fsp3) is 0.240. The first kappa shape index (κ1) is 22.9. The number of aryl methyl sites for hydroxylation is 1. The third-order valence-corrected chi connectivity index (χ3v) is 5.90. The van der Waals surface area contributed by atoms with Gasteiger partial charge in [0.2, 0.25) is 0 Å². The summed E-state index contributed by atoms with van der Waals surface area (Å²) in [5.41, 5.74) is 2.61. The van der Waals surface area contributed by atoms with Crippen LogP contribution in [-0.4, -0.2) is 39.2 Å². The van der Waals surface area contributed by atoms with Gasteiger partial charge < -0.3 is 29.7 Å². The van der Waals surface area contributed by atoms with Crippen molar-refractivity contribution in [2.75, 3.05) is 0 Å². The number of phenolic OH excluding ortho intramolecular Hbond substituents is 1. The molecule has 0 fully saturated rings. The molecule has 2 aromatic carbocycles. The molecule has 4 aromatic rings. The molecular formula is C25H24N2O7. The molecule has 1 amide bonds. The Balaban J connectivity index is 1.49. The second-order valence-electron chi connectivity index (χ2n) is 8.20. The van der Waals surface area contributed by atoms with Gasteiger partial charge in [0.05, 0.1) is 0 Å². The van der Waals surface area contributed by atoms with Crippen LogP contribution in [0.3, 0.4) is 0 Å². The Morgan fingerprint density at radius 2 is 1.88 bits per heavy atom. The number of phenols is 1. The van der Waals surface area contributed by atoms with Crippen LogP contribution < -0.4 is 15.7 Å².